The Morgan fingerprint density at radius 1 is 0.723 bits per heavy atom. The van der Waals surface area contributed by atoms with Crippen LogP contribution in [0.15, 0.2) is 78.4 Å². The second-order valence-corrected chi connectivity index (χ2v) is 21.8. The van der Waals surface area contributed by atoms with E-state index in [1.807, 2.05) is 43.4 Å². The van der Waals surface area contributed by atoms with Gasteiger partial charge in [0.25, 0.3) is 0 Å². The first-order chi connectivity index (χ1) is 40.3. The van der Waals surface area contributed by atoms with Crippen molar-refractivity contribution in [1.29, 1.82) is 0 Å². The van der Waals surface area contributed by atoms with E-state index in [1.165, 1.54) is 30.5 Å². The molecule has 0 amide bonds. The average molecular weight is 1310 g/mol. The molecule has 2 saturated carbocycles. The van der Waals surface area contributed by atoms with Gasteiger partial charge >= 0.3 is 6.18 Å². The number of aliphatic hydroxyl groups excluding tert-OH is 3. The molecule has 3 fully saturated rings. The molecule has 1 saturated heterocycles. The third-order valence-electron chi connectivity index (χ3n) is 14.7. The van der Waals surface area contributed by atoms with E-state index in [2.05, 4.69) is 47.7 Å². The van der Waals surface area contributed by atoms with E-state index >= 15 is 0 Å². The molecule has 3 aromatic rings. The summed E-state index contributed by atoms with van der Waals surface area (Å²) in [4.78, 5) is 14.4. The summed E-state index contributed by atoms with van der Waals surface area (Å²) in [6, 6.07) is 18.9. The first-order valence-corrected chi connectivity index (χ1v) is 30.8. The lowest BCUT2D eigenvalue weighted by molar-refractivity contribution is -0.176. The average Bonchev–Trinajstić information content (AvgIpc) is 1.72. The minimum absolute atomic E-state index is 0.0417. The van der Waals surface area contributed by atoms with Crippen LogP contribution in [0.4, 0.5) is 13.2 Å². The highest BCUT2D eigenvalue weighted by molar-refractivity contribution is 9.09. The van der Waals surface area contributed by atoms with E-state index in [0.717, 1.165) is 71.6 Å². The Balaban J connectivity index is 0.000000344. The molecule has 5 aliphatic rings. The molecule has 5 N–H and O–H groups in total. The minimum Gasteiger partial charge on any atom is -0.504 e. The van der Waals surface area contributed by atoms with Crippen molar-refractivity contribution in [3.63, 3.8) is 0 Å². The van der Waals surface area contributed by atoms with Gasteiger partial charge in [0.2, 0.25) is 0 Å². The number of alkyl halides is 5. The Morgan fingerprint density at radius 3 is 1.84 bits per heavy atom. The lowest BCUT2D eigenvalue weighted by atomic mass is 9.48. The molecule has 18 nitrogen and oxygen atoms in total. The summed E-state index contributed by atoms with van der Waals surface area (Å²) < 4.78 is 93.4. The second kappa shape index (κ2) is 38.7. The van der Waals surface area contributed by atoms with Crippen LogP contribution in [0.1, 0.15) is 66.9 Å². The van der Waals surface area contributed by atoms with Gasteiger partial charge in [-0.05, 0) is 99.1 Å². The van der Waals surface area contributed by atoms with Crippen LogP contribution >= 0.6 is 31.9 Å². The van der Waals surface area contributed by atoms with Gasteiger partial charge in [0, 0.05) is 47.8 Å². The van der Waals surface area contributed by atoms with Gasteiger partial charge in [0.15, 0.2) is 11.5 Å². The van der Waals surface area contributed by atoms with Crippen molar-refractivity contribution in [1.82, 2.24) is 9.80 Å². The fourth-order valence-electron chi connectivity index (χ4n) is 10.8. The van der Waals surface area contributed by atoms with Crippen molar-refractivity contribution in [2.24, 2.45) is 0 Å². The number of likely N-dealkylation sites (tertiary alicyclic amines) is 1. The van der Waals surface area contributed by atoms with E-state index in [0.29, 0.717) is 143 Å². The zero-order chi connectivity index (χ0) is 59.8. The van der Waals surface area contributed by atoms with Gasteiger partial charge in [-0.3, -0.25) is 4.90 Å². The number of aldehydes is 1. The molecule has 3 aliphatic carbocycles. The van der Waals surface area contributed by atoms with Crippen molar-refractivity contribution >= 4 is 38.1 Å². The number of hydrogen-bond acceptors (Lipinski definition) is 18. The van der Waals surface area contributed by atoms with E-state index in [9.17, 15) is 28.2 Å². The number of ether oxygens (including phenoxy) is 10. The number of halogens is 5. The largest absolute Gasteiger partial charge is 0.504 e. The van der Waals surface area contributed by atoms with E-state index in [-0.39, 0.29) is 50.4 Å². The third-order valence-corrected chi connectivity index (χ3v) is 15.4. The summed E-state index contributed by atoms with van der Waals surface area (Å²) >= 11 is 6.44. The minimum atomic E-state index is -4.39. The first-order valence-electron chi connectivity index (χ1n) is 28.6. The fraction of sp³-hybridized carbons (Fsp3) is 0.650. The van der Waals surface area contributed by atoms with Crippen molar-refractivity contribution in [3.05, 3.63) is 101 Å². The van der Waals surface area contributed by atoms with Crippen LogP contribution in [0.3, 0.4) is 0 Å². The van der Waals surface area contributed by atoms with Gasteiger partial charge in [-0.25, -0.2) is 0 Å². The highest BCUT2D eigenvalue weighted by Gasteiger charge is 2.72. The van der Waals surface area contributed by atoms with Gasteiger partial charge in [0.1, 0.15) is 30.9 Å². The van der Waals surface area contributed by atoms with Crippen LogP contribution in [0.2, 0.25) is 0 Å². The lowest BCUT2D eigenvalue weighted by Crippen LogP contribution is -2.75. The Hall–Kier alpha value is -3.34. The molecule has 2 unspecified atom stereocenters. The molecule has 5 atom stereocenters. The molecular formula is C60H87Br2F3N2O16. The lowest BCUT2D eigenvalue weighted by Gasteiger charge is -2.63. The van der Waals surface area contributed by atoms with Gasteiger partial charge in [-0.15, -0.1) is 0 Å². The number of benzene rings is 3. The van der Waals surface area contributed by atoms with Crippen molar-refractivity contribution in [3.8, 4) is 17.2 Å². The molecule has 83 heavy (non-hydrogen) atoms. The van der Waals surface area contributed by atoms with Gasteiger partial charge in [-0.2, -0.15) is 13.2 Å². The molecule has 3 aromatic carbocycles. The summed E-state index contributed by atoms with van der Waals surface area (Å²) in [5.74, 6) is 1.10. The Kier molecular flexibility index (Phi) is 32.9. The van der Waals surface area contributed by atoms with Gasteiger partial charge in [0.05, 0.1) is 136 Å². The number of hydrogen-bond donors (Lipinski definition) is 5. The maximum Gasteiger partial charge on any atom is 0.416 e. The molecule has 468 valence electrons. The predicted octanol–water partition coefficient (Wildman–Crippen LogP) is 6.85. The van der Waals surface area contributed by atoms with Crippen LogP contribution in [0.5, 0.6) is 17.2 Å². The smallest absolute Gasteiger partial charge is 0.416 e. The number of phenols is 1. The number of piperidine rings is 1. The molecule has 2 bridgehead atoms. The molecule has 1 spiro atoms. The number of carbonyl (C=O) groups excluding carboxylic acids is 1. The summed E-state index contributed by atoms with van der Waals surface area (Å²) in [6.07, 6.45) is 3.88. The van der Waals surface area contributed by atoms with Crippen LogP contribution in [0, 0.1) is 0 Å². The Labute approximate surface area is 503 Å². The van der Waals surface area contributed by atoms with E-state index < -0.39 is 22.8 Å². The number of aliphatic hydroxyl groups is 4. The summed E-state index contributed by atoms with van der Waals surface area (Å²) in [7, 11) is 2.01. The van der Waals surface area contributed by atoms with Crippen LogP contribution < -0.4 is 9.47 Å². The topological polar surface area (TPSA) is 217 Å². The number of nitrogens with zero attached hydrogens (tertiary/aromatic N) is 2. The first kappa shape index (κ1) is 70.4. The SMILES string of the molecule is CN(CCOCCOC/C=C1/CC[C@@]2(O)[C@H]3Cc4ccc(O)c5c4[C@@]2(CCN3C2CC2)C1O5)CCC(Oc1ccc(C(F)(F)F)cc1)c1ccccc1.O=CCOCCOCCBr.OCCOCCOCCBr.OCCOCCOCCO. The van der Waals surface area contributed by atoms with Gasteiger partial charge < -0.3 is 82.6 Å². The van der Waals surface area contributed by atoms with Crippen LogP contribution in [0.25, 0.3) is 0 Å². The summed E-state index contributed by atoms with van der Waals surface area (Å²) in [5.41, 5.74) is 2.17. The molecule has 0 aromatic heterocycles. The summed E-state index contributed by atoms with van der Waals surface area (Å²) in [5, 5.41) is 49.9. The van der Waals surface area contributed by atoms with Crippen LogP contribution in [-0.4, -0.2) is 228 Å². The quantitative estimate of drug-likeness (QED) is 0.0174. The maximum atomic E-state index is 13.0. The fourth-order valence-corrected chi connectivity index (χ4v) is 11.2. The number of rotatable bonds is 36. The molecule has 2 heterocycles. The number of phenolic OH excluding ortho intramolecular Hbond substituents is 1. The predicted molar refractivity (Wildman–Crippen MR) is 313 cm³/mol. The highest BCUT2D eigenvalue weighted by Crippen LogP contribution is 2.67. The number of aromatic hydroxyl groups is 1. The third kappa shape index (κ3) is 22.1. The Bertz CT molecular complexity index is 2240. The second-order valence-electron chi connectivity index (χ2n) is 20.2. The van der Waals surface area contributed by atoms with Crippen molar-refractivity contribution in [2.45, 2.75) is 86.4 Å². The molecule has 0 radical (unpaired) electrons. The Morgan fingerprint density at radius 2 is 1.29 bits per heavy atom. The zero-order valence-electron chi connectivity index (χ0n) is 47.7. The number of carbonyl (C=O) groups is 1. The summed E-state index contributed by atoms with van der Waals surface area (Å²) in [6.45, 7) is 10.2. The number of likely N-dealkylation sites (N-methyl/N-ethyl adjacent to an activating group) is 1. The maximum absolute atomic E-state index is 13.0. The normalized spacial score (nSPS) is 21.2. The van der Waals surface area contributed by atoms with E-state index in [1.54, 1.807) is 6.07 Å². The molecule has 2 aliphatic heterocycles. The molecule has 8 rings (SSSR count). The highest BCUT2D eigenvalue weighted by atomic mass is 79.9. The molecular weight excluding hydrogens is 1220 g/mol. The van der Waals surface area contributed by atoms with Crippen LogP contribution in [-0.2, 0) is 60.7 Å². The monoisotopic (exact) mass is 1310 g/mol. The zero-order valence-corrected chi connectivity index (χ0v) is 50.9. The van der Waals surface area contributed by atoms with Crippen molar-refractivity contribution < 1.29 is 90.9 Å². The standard InChI is InChI=1S/C42H49F3N2O6.C6H13BrO3.C6H11BrO3.C6H14O4/c1-46(20-16-35(28-5-3-2-4-6-28)52-33-12-8-31(9-13-33)42(43,44)45)22-24-51-26-25-50-23-17-29-15-18-41(49)36-27-30-7-14-34(48)38-37(30)40(41,39(29)53-38)19-21-47(36)32-10-11-32;3*7-1-3-9-5-6-10-4-2-8/h2-9,12-14,17,32,35-36,39,48-49H,10-11,15-16,18-27H2,1H3;8H,1-6H2;2H,1,3-6H2;7-8H,1-6H2/b29-17-;;;/t35?,36-,39?,40+,41-;;;/m1.../s1. The van der Waals surface area contributed by atoms with E-state index in [4.69, 9.17) is 62.7 Å². The van der Waals surface area contributed by atoms with Gasteiger partial charge in [-0.1, -0.05) is 74.3 Å². The molecule has 23 heteroatoms. The van der Waals surface area contributed by atoms with Crippen molar-refractivity contribution in [2.75, 3.05) is 163 Å².